The van der Waals surface area contributed by atoms with Crippen LogP contribution in [-0.4, -0.2) is 19.1 Å². The van der Waals surface area contributed by atoms with E-state index in [4.69, 9.17) is 27.9 Å². The predicted molar refractivity (Wildman–Crippen MR) is 83.3 cm³/mol. The number of carbonyl (C=O) groups excluding carboxylic acids is 1. The van der Waals surface area contributed by atoms with Gasteiger partial charge in [0.25, 0.3) is 0 Å². The maximum atomic E-state index is 12.4. The lowest BCUT2D eigenvalue weighted by Crippen LogP contribution is -2.49. The van der Waals surface area contributed by atoms with Crippen molar-refractivity contribution < 1.29 is 9.53 Å². The lowest BCUT2D eigenvalue weighted by molar-refractivity contribution is -0.151. The third-order valence-electron chi connectivity index (χ3n) is 3.04. The molecule has 0 spiro atoms. The number of rotatable bonds is 6. The predicted octanol–water partition coefficient (Wildman–Crippen LogP) is 4.02. The molecule has 1 rings (SSSR count). The van der Waals surface area contributed by atoms with Gasteiger partial charge in [-0.05, 0) is 32.4 Å². The van der Waals surface area contributed by atoms with Crippen LogP contribution in [-0.2, 0) is 15.1 Å². The fourth-order valence-corrected chi connectivity index (χ4v) is 2.34. The number of halogens is 2. The zero-order valence-electron chi connectivity index (χ0n) is 12.3. The number of ether oxygens (including phenoxy) is 1. The van der Waals surface area contributed by atoms with Crippen LogP contribution in [0.2, 0.25) is 10.0 Å². The van der Waals surface area contributed by atoms with E-state index in [0.717, 1.165) is 0 Å². The first-order chi connectivity index (χ1) is 9.32. The quantitative estimate of drug-likeness (QED) is 0.805. The Morgan fingerprint density at radius 1 is 1.40 bits per heavy atom. The number of nitrogens with one attached hydrogen (secondary N) is 1. The monoisotopic (exact) mass is 317 g/mol. The Labute approximate surface area is 130 Å². The van der Waals surface area contributed by atoms with Crippen LogP contribution in [0.25, 0.3) is 0 Å². The minimum Gasteiger partial charge on any atom is -0.464 e. The molecule has 0 aliphatic carbocycles. The van der Waals surface area contributed by atoms with Crippen molar-refractivity contribution in [3.8, 4) is 0 Å². The molecule has 1 aromatic carbocycles. The van der Waals surface area contributed by atoms with Crippen LogP contribution >= 0.6 is 23.2 Å². The molecule has 3 nitrogen and oxygen atoms in total. The first-order valence-electron chi connectivity index (χ1n) is 6.69. The number of benzene rings is 1. The SMILES string of the molecule is CCOC(=O)C(C)(NCC(C)C)c1cccc(Cl)c1Cl. The van der Waals surface area contributed by atoms with Crippen LogP contribution in [0.15, 0.2) is 18.2 Å². The summed E-state index contributed by atoms with van der Waals surface area (Å²) < 4.78 is 5.19. The molecule has 112 valence electrons. The first-order valence-corrected chi connectivity index (χ1v) is 7.45. The molecule has 0 fully saturated rings. The van der Waals surface area contributed by atoms with Gasteiger partial charge in [-0.2, -0.15) is 0 Å². The fourth-order valence-electron chi connectivity index (χ4n) is 1.85. The zero-order chi connectivity index (χ0) is 15.3. The van der Waals surface area contributed by atoms with Gasteiger partial charge in [0.15, 0.2) is 0 Å². The van der Waals surface area contributed by atoms with Gasteiger partial charge in [0.05, 0.1) is 16.7 Å². The van der Waals surface area contributed by atoms with Gasteiger partial charge < -0.3 is 4.74 Å². The summed E-state index contributed by atoms with van der Waals surface area (Å²) >= 11 is 12.3. The molecule has 0 aromatic heterocycles. The largest absolute Gasteiger partial charge is 0.464 e. The zero-order valence-corrected chi connectivity index (χ0v) is 13.8. The molecule has 0 saturated carbocycles. The highest BCUT2D eigenvalue weighted by Gasteiger charge is 2.38. The van der Waals surface area contributed by atoms with Crippen molar-refractivity contribution in [3.05, 3.63) is 33.8 Å². The van der Waals surface area contributed by atoms with Crippen molar-refractivity contribution in [2.75, 3.05) is 13.2 Å². The van der Waals surface area contributed by atoms with E-state index in [0.29, 0.717) is 34.7 Å². The van der Waals surface area contributed by atoms with Crippen molar-refractivity contribution in [1.82, 2.24) is 5.32 Å². The molecular weight excluding hydrogens is 297 g/mol. The van der Waals surface area contributed by atoms with Crippen LogP contribution in [0.5, 0.6) is 0 Å². The molecule has 1 N–H and O–H groups in total. The van der Waals surface area contributed by atoms with Crippen molar-refractivity contribution in [3.63, 3.8) is 0 Å². The molecule has 0 aliphatic rings. The Morgan fingerprint density at radius 3 is 2.60 bits per heavy atom. The summed E-state index contributed by atoms with van der Waals surface area (Å²) in [6, 6.07) is 5.26. The standard InChI is InChI=1S/C15H21Cl2NO2/c1-5-20-14(19)15(4,18-9-10(2)3)11-7-6-8-12(16)13(11)17/h6-8,10,18H,5,9H2,1-4H3. The number of hydrogen-bond acceptors (Lipinski definition) is 3. The van der Waals surface area contributed by atoms with Crippen molar-refractivity contribution >= 4 is 29.2 Å². The molecular formula is C15H21Cl2NO2. The van der Waals surface area contributed by atoms with Crippen LogP contribution in [0, 0.1) is 5.92 Å². The molecule has 0 amide bonds. The second-order valence-electron chi connectivity index (χ2n) is 5.22. The highest BCUT2D eigenvalue weighted by atomic mass is 35.5. The maximum absolute atomic E-state index is 12.4. The molecule has 1 atom stereocenters. The smallest absolute Gasteiger partial charge is 0.330 e. The Morgan fingerprint density at radius 2 is 2.05 bits per heavy atom. The summed E-state index contributed by atoms with van der Waals surface area (Å²) in [6.45, 7) is 8.66. The van der Waals surface area contributed by atoms with Gasteiger partial charge in [0.2, 0.25) is 0 Å². The van der Waals surface area contributed by atoms with Crippen LogP contribution in [0.1, 0.15) is 33.3 Å². The van der Waals surface area contributed by atoms with Crippen LogP contribution in [0.3, 0.4) is 0 Å². The van der Waals surface area contributed by atoms with Gasteiger partial charge in [0, 0.05) is 5.56 Å². The lowest BCUT2D eigenvalue weighted by atomic mass is 9.91. The topological polar surface area (TPSA) is 38.3 Å². The Kier molecular flexibility index (Phi) is 6.31. The highest BCUT2D eigenvalue weighted by Crippen LogP contribution is 2.34. The van der Waals surface area contributed by atoms with Gasteiger partial charge in [0.1, 0.15) is 5.54 Å². The molecule has 1 unspecified atom stereocenters. The Bertz CT molecular complexity index is 477. The van der Waals surface area contributed by atoms with E-state index in [9.17, 15) is 4.79 Å². The minimum absolute atomic E-state index is 0.315. The Hall–Kier alpha value is -0.770. The van der Waals surface area contributed by atoms with E-state index >= 15 is 0 Å². The van der Waals surface area contributed by atoms with Crippen LogP contribution in [0.4, 0.5) is 0 Å². The van der Waals surface area contributed by atoms with Crippen molar-refractivity contribution in [1.29, 1.82) is 0 Å². The minimum atomic E-state index is -1.01. The lowest BCUT2D eigenvalue weighted by Gasteiger charge is -2.31. The van der Waals surface area contributed by atoms with Gasteiger partial charge in [-0.3, -0.25) is 5.32 Å². The number of carbonyl (C=O) groups is 1. The van der Waals surface area contributed by atoms with E-state index in [1.807, 2.05) is 0 Å². The summed E-state index contributed by atoms with van der Waals surface area (Å²) in [5, 5.41) is 4.05. The normalized spacial score (nSPS) is 14.2. The maximum Gasteiger partial charge on any atom is 0.330 e. The molecule has 0 aliphatic heterocycles. The average Bonchev–Trinajstić information content (AvgIpc) is 2.39. The second-order valence-corrected chi connectivity index (χ2v) is 6.01. The summed E-state index contributed by atoms with van der Waals surface area (Å²) in [5.74, 6) is 0.0338. The molecule has 0 radical (unpaired) electrons. The van der Waals surface area contributed by atoms with E-state index in [1.54, 1.807) is 32.0 Å². The third-order valence-corrected chi connectivity index (χ3v) is 3.86. The van der Waals surface area contributed by atoms with Gasteiger partial charge in [-0.15, -0.1) is 0 Å². The molecule has 0 bridgehead atoms. The number of esters is 1. The van der Waals surface area contributed by atoms with Gasteiger partial charge in [-0.1, -0.05) is 49.2 Å². The highest BCUT2D eigenvalue weighted by molar-refractivity contribution is 6.42. The third kappa shape index (κ3) is 3.87. The molecule has 0 heterocycles. The van der Waals surface area contributed by atoms with E-state index in [1.165, 1.54) is 0 Å². The summed E-state index contributed by atoms with van der Waals surface area (Å²) in [4.78, 5) is 12.4. The average molecular weight is 318 g/mol. The number of hydrogen-bond donors (Lipinski definition) is 1. The van der Waals surface area contributed by atoms with Crippen molar-refractivity contribution in [2.24, 2.45) is 5.92 Å². The van der Waals surface area contributed by atoms with Crippen molar-refractivity contribution in [2.45, 2.75) is 33.2 Å². The van der Waals surface area contributed by atoms with Crippen LogP contribution < -0.4 is 5.32 Å². The molecule has 20 heavy (non-hydrogen) atoms. The summed E-state index contributed by atoms with van der Waals surface area (Å²) in [5.41, 5.74) is -0.381. The Balaban J connectivity index is 3.21. The summed E-state index contributed by atoms with van der Waals surface area (Å²) in [7, 11) is 0. The first kappa shape index (κ1) is 17.3. The van der Waals surface area contributed by atoms with E-state index in [-0.39, 0.29) is 5.97 Å². The second kappa shape index (κ2) is 7.30. The molecule has 1 aromatic rings. The summed E-state index contributed by atoms with van der Waals surface area (Å²) in [6.07, 6.45) is 0. The van der Waals surface area contributed by atoms with E-state index < -0.39 is 5.54 Å². The molecule has 0 saturated heterocycles. The van der Waals surface area contributed by atoms with Gasteiger partial charge >= 0.3 is 5.97 Å². The van der Waals surface area contributed by atoms with Gasteiger partial charge in [-0.25, -0.2) is 4.79 Å². The molecule has 5 heteroatoms. The fraction of sp³-hybridized carbons (Fsp3) is 0.533. The van der Waals surface area contributed by atoms with E-state index in [2.05, 4.69) is 19.2 Å².